The minimum absolute atomic E-state index is 0.155. The van der Waals surface area contributed by atoms with Crippen LogP contribution in [-0.4, -0.2) is 39.1 Å². The van der Waals surface area contributed by atoms with Crippen LogP contribution in [0, 0.1) is 0 Å². The van der Waals surface area contributed by atoms with Gasteiger partial charge in [-0.1, -0.05) is 18.2 Å². The third-order valence-electron chi connectivity index (χ3n) is 3.45. The number of rotatable bonds is 2. The molecule has 1 aromatic heterocycles. The Kier molecular flexibility index (Phi) is 3.17. The molecule has 1 aliphatic heterocycles. The highest BCUT2D eigenvalue weighted by molar-refractivity contribution is 8.00. The normalized spacial score (nSPS) is 22.4. The highest BCUT2D eigenvalue weighted by Crippen LogP contribution is 2.32. The average Bonchev–Trinajstić information content (AvgIpc) is 3.01. The smallest absolute Gasteiger partial charge is 0.327 e. The maximum atomic E-state index is 12.6. The Morgan fingerprint density at radius 3 is 2.90 bits per heavy atom. The van der Waals surface area contributed by atoms with Gasteiger partial charge in [-0.05, 0) is 13.0 Å². The molecule has 2 aromatic rings. The summed E-state index contributed by atoms with van der Waals surface area (Å²) in [4.78, 5) is 25.3. The summed E-state index contributed by atoms with van der Waals surface area (Å²) < 4.78 is 5.36. The van der Waals surface area contributed by atoms with Crippen LogP contribution in [0.1, 0.15) is 17.3 Å². The summed E-state index contributed by atoms with van der Waals surface area (Å²) in [5.41, 5.74) is 1.04. The molecule has 2 unspecified atom stereocenters. The van der Waals surface area contributed by atoms with Crippen molar-refractivity contribution in [3.05, 3.63) is 36.1 Å². The maximum absolute atomic E-state index is 12.6. The van der Waals surface area contributed by atoms with Crippen molar-refractivity contribution in [2.75, 3.05) is 5.75 Å². The van der Waals surface area contributed by atoms with Gasteiger partial charge in [0.2, 0.25) is 0 Å². The third kappa shape index (κ3) is 1.96. The number of amides is 1. The Labute approximate surface area is 119 Å². The molecule has 0 saturated carbocycles. The standard InChI is InChI=1S/C14H13NO4S/c1-8-15(11(7-20-8)14(17)18)13(16)10-6-19-12-5-3-2-4-9(10)12/h2-6,8,11H,7H2,1H3,(H,17,18). The summed E-state index contributed by atoms with van der Waals surface area (Å²) in [5.74, 6) is -0.847. The van der Waals surface area contributed by atoms with E-state index in [1.165, 1.54) is 22.9 Å². The number of carboxylic acids is 1. The molecule has 1 fully saturated rings. The van der Waals surface area contributed by atoms with E-state index in [0.717, 1.165) is 0 Å². The van der Waals surface area contributed by atoms with Crippen molar-refractivity contribution in [3.63, 3.8) is 0 Å². The van der Waals surface area contributed by atoms with E-state index in [1.807, 2.05) is 19.1 Å². The first-order valence-electron chi connectivity index (χ1n) is 6.23. The number of furan rings is 1. The highest BCUT2D eigenvalue weighted by atomic mass is 32.2. The fourth-order valence-electron chi connectivity index (χ4n) is 2.42. The molecule has 0 bridgehead atoms. The summed E-state index contributed by atoms with van der Waals surface area (Å²) in [5, 5.41) is 9.79. The zero-order chi connectivity index (χ0) is 14.3. The second-order valence-electron chi connectivity index (χ2n) is 4.64. The van der Waals surface area contributed by atoms with Crippen molar-refractivity contribution in [3.8, 4) is 0 Å². The molecular formula is C14H13NO4S. The van der Waals surface area contributed by atoms with Crippen molar-refractivity contribution >= 4 is 34.6 Å². The Morgan fingerprint density at radius 2 is 2.15 bits per heavy atom. The van der Waals surface area contributed by atoms with Gasteiger partial charge in [0.05, 0.1) is 10.9 Å². The van der Waals surface area contributed by atoms with E-state index >= 15 is 0 Å². The predicted molar refractivity (Wildman–Crippen MR) is 75.7 cm³/mol. The van der Waals surface area contributed by atoms with Crippen LogP contribution in [0.3, 0.4) is 0 Å². The zero-order valence-electron chi connectivity index (χ0n) is 10.8. The SMILES string of the molecule is CC1SCC(C(=O)O)N1C(=O)c1coc2ccccc12. The predicted octanol–water partition coefficient (Wildman–Crippen LogP) is 2.42. The third-order valence-corrected chi connectivity index (χ3v) is 4.67. The first-order valence-corrected chi connectivity index (χ1v) is 7.28. The van der Waals surface area contributed by atoms with Crippen LogP contribution in [0.15, 0.2) is 34.9 Å². The van der Waals surface area contributed by atoms with E-state index in [0.29, 0.717) is 22.3 Å². The van der Waals surface area contributed by atoms with E-state index in [1.54, 1.807) is 12.1 Å². The lowest BCUT2D eigenvalue weighted by Crippen LogP contribution is -2.44. The molecule has 2 heterocycles. The molecule has 20 heavy (non-hydrogen) atoms. The van der Waals surface area contributed by atoms with Crippen LogP contribution in [0.4, 0.5) is 0 Å². The molecule has 0 radical (unpaired) electrons. The number of carbonyl (C=O) groups excluding carboxylic acids is 1. The lowest BCUT2D eigenvalue weighted by atomic mass is 10.1. The number of para-hydroxylation sites is 1. The van der Waals surface area contributed by atoms with Gasteiger partial charge in [-0.15, -0.1) is 11.8 Å². The van der Waals surface area contributed by atoms with E-state index < -0.39 is 12.0 Å². The van der Waals surface area contributed by atoms with Crippen molar-refractivity contribution in [2.24, 2.45) is 0 Å². The van der Waals surface area contributed by atoms with Gasteiger partial charge in [-0.2, -0.15) is 0 Å². The summed E-state index contributed by atoms with van der Waals surface area (Å²) in [6, 6.07) is 6.45. The largest absolute Gasteiger partial charge is 0.480 e. The van der Waals surface area contributed by atoms with Gasteiger partial charge in [0.25, 0.3) is 5.91 Å². The zero-order valence-corrected chi connectivity index (χ0v) is 11.6. The number of nitrogens with zero attached hydrogens (tertiary/aromatic N) is 1. The lowest BCUT2D eigenvalue weighted by molar-refractivity contribution is -0.141. The first-order chi connectivity index (χ1) is 9.59. The Morgan fingerprint density at radius 1 is 1.40 bits per heavy atom. The molecule has 0 spiro atoms. The molecule has 6 heteroatoms. The second kappa shape index (κ2) is 4.86. The summed E-state index contributed by atoms with van der Waals surface area (Å²) in [6.45, 7) is 1.84. The van der Waals surface area contributed by atoms with Gasteiger partial charge in [0.1, 0.15) is 17.9 Å². The number of hydrogen-bond acceptors (Lipinski definition) is 4. The number of aliphatic carboxylic acids is 1. The number of thioether (sulfide) groups is 1. The molecule has 2 atom stereocenters. The number of carbonyl (C=O) groups is 2. The van der Waals surface area contributed by atoms with Crippen LogP contribution in [-0.2, 0) is 4.79 Å². The Hall–Kier alpha value is -1.95. The average molecular weight is 291 g/mol. The molecule has 1 amide bonds. The van der Waals surface area contributed by atoms with Crippen molar-refractivity contribution in [2.45, 2.75) is 18.3 Å². The molecule has 3 rings (SSSR count). The van der Waals surface area contributed by atoms with Gasteiger partial charge in [-0.25, -0.2) is 4.79 Å². The van der Waals surface area contributed by atoms with Gasteiger partial charge < -0.3 is 14.4 Å². The van der Waals surface area contributed by atoms with Gasteiger partial charge >= 0.3 is 5.97 Å². The minimum atomic E-state index is -0.969. The molecule has 1 aliphatic rings. The number of hydrogen-bond donors (Lipinski definition) is 1. The van der Waals surface area contributed by atoms with Gasteiger partial charge in [0, 0.05) is 11.1 Å². The van der Waals surface area contributed by atoms with Crippen molar-refractivity contribution in [1.29, 1.82) is 0 Å². The number of fused-ring (bicyclic) bond motifs is 1. The van der Waals surface area contributed by atoms with Crippen molar-refractivity contribution < 1.29 is 19.1 Å². The fourth-order valence-corrected chi connectivity index (χ4v) is 3.59. The topological polar surface area (TPSA) is 70.8 Å². The van der Waals surface area contributed by atoms with Crippen molar-refractivity contribution in [1.82, 2.24) is 4.90 Å². The van der Waals surface area contributed by atoms with Crippen LogP contribution in [0.5, 0.6) is 0 Å². The van der Waals surface area contributed by atoms with Crippen LogP contribution in [0.2, 0.25) is 0 Å². The molecule has 1 saturated heterocycles. The fraction of sp³-hybridized carbons (Fsp3) is 0.286. The van der Waals surface area contributed by atoms with Crippen LogP contribution < -0.4 is 0 Å². The van der Waals surface area contributed by atoms with Gasteiger partial charge in [0.15, 0.2) is 0 Å². The number of carboxylic acid groups (broad SMARTS) is 1. The van der Waals surface area contributed by atoms with E-state index in [4.69, 9.17) is 4.42 Å². The molecule has 1 N–H and O–H groups in total. The summed E-state index contributed by atoms with van der Waals surface area (Å²) >= 11 is 1.47. The van der Waals surface area contributed by atoms with E-state index in [2.05, 4.69) is 0 Å². The minimum Gasteiger partial charge on any atom is -0.480 e. The second-order valence-corrected chi connectivity index (χ2v) is 5.99. The monoisotopic (exact) mass is 291 g/mol. The van der Waals surface area contributed by atoms with Gasteiger partial charge in [-0.3, -0.25) is 4.79 Å². The summed E-state index contributed by atoms with van der Waals surface area (Å²) in [7, 11) is 0. The van der Waals surface area contributed by atoms with Crippen LogP contribution >= 0.6 is 11.8 Å². The molecule has 0 aliphatic carbocycles. The Bertz CT molecular complexity index is 681. The quantitative estimate of drug-likeness (QED) is 0.920. The molecular weight excluding hydrogens is 278 g/mol. The van der Waals surface area contributed by atoms with Crippen LogP contribution in [0.25, 0.3) is 11.0 Å². The lowest BCUT2D eigenvalue weighted by Gasteiger charge is -2.24. The first kappa shape index (κ1) is 13.1. The molecule has 104 valence electrons. The molecule has 1 aromatic carbocycles. The summed E-state index contributed by atoms with van der Waals surface area (Å²) in [6.07, 6.45) is 1.40. The maximum Gasteiger partial charge on any atom is 0.327 e. The highest BCUT2D eigenvalue weighted by Gasteiger charge is 2.40. The molecule has 5 nitrogen and oxygen atoms in total. The Balaban J connectivity index is 2.01. The van der Waals surface area contributed by atoms with E-state index in [9.17, 15) is 14.7 Å². The van der Waals surface area contributed by atoms with E-state index in [-0.39, 0.29) is 11.3 Å². The number of benzene rings is 1.